The van der Waals surface area contributed by atoms with E-state index >= 15 is 0 Å². The van der Waals surface area contributed by atoms with Gasteiger partial charge in [-0.1, -0.05) is 0 Å². The predicted molar refractivity (Wildman–Crippen MR) is 77.0 cm³/mol. The van der Waals surface area contributed by atoms with Crippen molar-refractivity contribution in [3.63, 3.8) is 0 Å². The molecular weight excluding hydrogens is 275 g/mol. The minimum absolute atomic E-state index is 0.480. The molecule has 0 amide bonds. The summed E-state index contributed by atoms with van der Waals surface area (Å²) in [5.41, 5.74) is -0.699. The van der Waals surface area contributed by atoms with Crippen LogP contribution in [0.5, 0.6) is 0 Å². The molecule has 21 heavy (non-hydrogen) atoms. The van der Waals surface area contributed by atoms with E-state index < -0.39 is 11.4 Å². The lowest BCUT2D eigenvalue weighted by atomic mass is 9.97. The molecule has 116 valence electrons. The Bertz CT molecular complexity index is 530. The molecule has 2 saturated heterocycles. The number of hydrogen-bond acceptors (Lipinski definition) is 5. The van der Waals surface area contributed by atoms with E-state index in [0.717, 1.165) is 58.6 Å². The van der Waals surface area contributed by atoms with Crippen LogP contribution < -0.4 is 10.5 Å². The van der Waals surface area contributed by atoms with Crippen molar-refractivity contribution in [3.05, 3.63) is 22.4 Å². The van der Waals surface area contributed by atoms with Crippen molar-refractivity contribution in [1.82, 2.24) is 14.9 Å². The van der Waals surface area contributed by atoms with Gasteiger partial charge in [0.05, 0.1) is 19.4 Å². The van der Waals surface area contributed by atoms with Crippen LogP contribution in [0.25, 0.3) is 0 Å². The highest BCUT2D eigenvalue weighted by Crippen LogP contribution is 2.20. The highest BCUT2D eigenvalue weighted by atomic mass is 19.1. The van der Waals surface area contributed by atoms with Crippen LogP contribution >= 0.6 is 0 Å². The van der Waals surface area contributed by atoms with Crippen molar-refractivity contribution in [2.24, 2.45) is 5.92 Å². The number of morpholine rings is 1. The van der Waals surface area contributed by atoms with Crippen molar-refractivity contribution in [2.45, 2.75) is 12.8 Å². The number of rotatable bonds is 3. The Kier molecular flexibility index (Phi) is 4.50. The summed E-state index contributed by atoms with van der Waals surface area (Å²) in [6, 6.07) is 0. The Labute approximate surface area is 122 Å². The van der Waals surface area contributed by atoms with Crippen molar-refractivity contribution in [3.8, 4) is 0 Å². The van der Waals surface area contributed by atoms with Gasteiger partial charge in [-0.3, -0.25) is 14.7 Å². The Hall–Kier alpha value is -1.47. The van der Waals surface area contributed by atoms with Gasteiger partial charge in [0.25, 0.3) is 5.56 Å². The molecule has 1 aromatic heterocycles. The number of aromatic amines is 1. The lowest BCUT2D eigenvalue weighted by molar-refractivity contribution is 0.0296. The molecule has 1 atom stereocenters. The van der Waals surface area contributed by atoms with Gasteiger partial charge >= 0.3 is 0 Å². The van der Waals surface area contributed by atoms with Crippen LogP contribution in [-0.2, 0) is 4.74 Å². The monoisotopic (exact) mass is 296 g/mol. The number of piperidine rings is 1. The zero-order valence-electron chi connectivity index (χ0n) is 12.1. The van der Waals surface area contributed by atoms with Gasteiger partial charge < -0.3 is 9.64 Å². The number of nitrogens with one attached hydrogen (secondary N) is 1. The Morgan fingerprint density at radius 2 is 2.19 bits per heavy atom. The molecule has 0 spiro atoms. The summed E-state index contributed by atoms with van der Waals surface area (Å²) in [6.07, 6.45) is 3.25. The molecule has 3 rings (SSSR count). The van der Waals surface area contributed by atoms with Crippen molar-refractivity contribution >= 4 is 5.95 Å². The fraction of sp³-hybridized carbons (Fsp3) is 0.714. The molecule has 7 heteroatoms. The molecule has 1 unspecified atom stereocenters. The van der Waals surface area contributed by atoms with Gasteiger partial charge in [0.1, 0.15) is 0 Å². The average molecular weight is 296 g/mol. The van der Waals surface area contributed by atoms with E-state index in [1.54, 1.807) is 0 Å². The number of halogens is 1. The molecule has 0 bridgehead atoms. The summed E-state index contributed by atoms with van der Waals surface area (Å²) in [5, 5.41) is 0. The second-order valence-electron chi connectivity index (χ2n) is 5.75. The van der Waals surface area contributed by atoms with Gasteiger partial charge in [0, 0.05) is 32.7 Å². The van der Waals surface area contributed by atoms with E-state index in [0.29, 0.717) is 11.9 Å². The molecule has 3 heterocycles. The number of nitrogens with zero attached hydrogens (tertiary/aromatic N) is 3. The summed E-state index contributed by atoms with van der Waals surface area (Å²) < 4.78 is 18.4. The van der Waals surface area contributed by atoms with Gasteiger partial charge in [0.15, 0.2) is 0 Å². The van der Waals surface area contributed by atoms with Crippen LogP contribution in [0.3, 0.4) is 0 Å². The van der Waals surface area contributed by atoms with Gasteiger partial charge in [-0.2, -0.15) is 4.39 Å². The summed E-state index contributed by atoms with van der Waals surface area (Å²) in [5.74, 6) is 0.195. The van der Waals surface area contributed by atoms with Gasteiger partial charge in [0.2, 0.25) is 11.8 Å². The molecule has 1 N–H and O–H groups in total. The second kappa shape index (κ2) is 6.53. The molecule has 0 saturated carbocycles. The second-order valence-corrected chi connectivity index (χ2v) is 5.75. The maximum Gasteiger partial charge on any atom is 0.288 e. The minimum atomic E-state index is -0.833. The molecule has 2 fully saturated rings. The summed E-state index contributed by atoms with van der Waals surface area (Å²) >= 11 is 0. The fourth-order valence-electron chi connectivity index (χ4n) is 3.09. The molecule has 0 aliphatic carbocycles. The molecule has 0 radical (unpaired) electrons. The van der Waals surface area contributed by atoms with Gasteiger partial charge in [-0.15, -0.1) is 0 Å². The number of H-pyrrole nitrogens is 1. The highest BCUT2D eigenvalue weighted by molar-refractivity contribution is 5.29. The molecule has 6 nitrogen and oxygen atoms in total. The maximum atomic E-state index is 13.0. The average Bonchev–Trinajstić information content (AvgIpc) is 2.51. The molecule has 2 aliphatic rings. The van der Waals surface area contributed by atoms with Crippen LogP contribution in [-0.4, -0.2) is 60.8 Å². The summed E-state index contributed by atoms with van der Waals surface area (Å²) in [6.45, 7) is 6.35. The van der Waals surface area contributed by atoms with Crippen LogP contribution in [0.4, 0.5) is 10.3 Å². The van der Waals surface area contributed by atoms with Crippen molar-refractivity contribution in [1.29, 1.82) is 0 Å². The van der Waals surface area contributed by atoms with E-state index in [2.05, 4.69) is 19.8 Å². The van der Waals surface area contributed by atoms with Crippen LogP contribution in [0.1, 0.15) is 12.8 Å². The summed E-state index contributed by atoms with van der Waals surface area (Å²) in [7, 11) is 0. The molecule has 2 aliphatic heterocycles. The SMILES string of the molecule is O=c1[nH]c(N2CCCC(CN3CCOCC3)C2)ncc1F. The van der Waals surface area contributed by atoms with Crippen LogP contribution in [0.2, 0.25) is 0 Å². The molecule has 0 aromatic carbocycles. The lowest BCUT2D eigenvalue weighted by Gasteiger charge is -2.36. The first-order valence-electron chi connectivity index (χ1n) is 7.52. The Morgan fingerprint density at radius 3 is 2.95 bits per heavy atom. The van der Waals surface area contributed by atoms with E-state index in [4.69, 9.17) is 4.74 Å². The summed E-state index contributed by atoms with van der Waals surface area (Å²) in [4.78, 5) is 22.4. The first-order chi connectivity index (χ1) is 10.2. The zero-order valence-corrected chi connectivity index (χ0v) is 12.1. The maximum absolute atomic E-state index is 13.0. The largest absolute Gasteiger partial charge is 0.379 e. The standard InChI is InChI=1S/C14H21FN4O2/c15-12-8-16-14(17-13(12)20)19-3-1-2-11(10-19)9-18-4-6-21-7-5-18/h8,11H,1-7,9-10H2,(H,16,17,20). The molecular formula is C14H21FN4O2. The Balaban J connectivity index is 1.62. The minimum Gasteiger partial charge on any atom is -0.379 e. The number of aromatic nitrogens is 2. The van der Waals surface area contributed by atoms with E-state index in [-0.39, 0.29) is 0 Å². The third-order valence-electron chi connectivity index (χ3n) is 4.18. The molecule has 1 aromatic rings. The van der Waals surface area contributed by atoms with E-state index in [9.17, 15) is 9.18 Å². The quantitative estimate of drug-likeness (QED) is 0.878. The van der Waals surface area contributed by atoms with Gasteiger partial charge in [-0.25, -0.2) is 4.98 Å². The fourth-order valence-corrected chi connectivity index (χ4v) is 3.09. The van der Waals surface area contributed by atoms with Crippen molar-refractivity contribution < 1.29 is 9.13 Å². The number of ether oxygens (including phenoxy) is 1. The van der Waals surface area contributed by atoms with Crippen LogP contribution in [0, 0.1) is 11.7 Å². The van der Waals surface area contributed by atoms with Gasteiger partial charge in [-0.05, 0) is 18.8 Å². The first kappa shape index (κ1) is 14.5. The van der Waals surface area contributed by atoms with Crippen LogP contribution in [0.15, 0.2) is 11.0 Å². The third kappa shape index (κ3) is 3.59. The predicted octanol–water partition coefficient (Wildman–Crippen LogP) is 0.458. The van der Waals surface area contributed by atoms with E-state index in [1.807, 2.05) is 0 Å². The first-order valence-corrected chi connectivity index (χ1v) is 7.52. The van der Waals surface area contributed by atoms with Crippen molar-refractivity contribution in [2.75, 3.05) is 50.8 Å². The normalized spacial score (nSPS) is 24.2. The Morgan fingerprint density at radius 1 is 1.38 bits per heavy atom. The number of anilines is 1. The smallest absolute Gasteiger partial charge is 0.288 e. The third-order valence-corrected chi connectivity index (χ3v) is 4.18. The topological polar surface area (TPSA) is 61.5 Å². The lowest BCUT2D eigenvalue weighted by Crippen LogP contribution is -2.45. The van der Waals surface area contributed by atoms with E-state index in [1.165, 1.54) is 6.42 Å². The zero-order chi connectivity index (χ0) is 14.7. The highest BCUT2D eigenvalue weighted by Gasteiger charge is 2.24. The number of hydrogen-bond donors (Lipinski definition) is 1.